The van der Waals surface area contributed by atoms with Crippen LogP contribution < -0.4 is 0 Å². The minimum atomic E-state index is -4.54. The third-order valence-corrected chi connectivity index (χ3v) is 5.95. The van der Waals surface area contributed by atoms with Gasteiger partial charge in [-0.25, -0.2) is 0 Å². The lowest BCUT2D eigenvalue weighted by Gasteiger charge is -2.35. The van der Waals surface area contributed by atoms with Crippen molar-refractivity contribution in [1.82, 2.24) is 0 Å². The van der Waals surface area contributed by atoms with E-state index in [1.165, 1.54) is 0 Å². The van der Waals surface area contributed by atoms with Gasteiger partial charge in [-0.15, -0.1) is 0 Å². The molecule has 7 unspecified atom stereocenters. The smallest absolute Gasteiger partial charge is 0.422 e. The average molecular weight is 348 g/mol. The number of hydrogen-bond donors (Lipinski definition) is 0. The molecule has 0 amide bonds. The number of halogens is 3. The first-order valence-corrected chi connectivity index (χ1v) is 8.09. The maximum absolute atomic E-state index is 12.2. The maximum Gasteiger partial charge on any atom is 0.422 e. The number of hydrogen-bond acceptors (Lipinski definition) is 5. The van der Waals surface area contributed by atoms with Crippen molar-refractivity contribution in [3.63, 3.8) is 0 Å². The summed E-state index contributed by atoms with van der Waals surface area (Å²) in [4.78, 5) is 35.5. The van der Waals surface area contributed by atoms with Crippen molar-refractivity contribution in [2.24, 2.45) is 41.4 Å². The molecule has 0 spiro atoms. The topological polar surface area (TPSA) is 69.7 Å². The van der Waals surface area contributed by atoms with E-state index in [1.54, 1.807) is 6.92 Å². The Morgan fingerprint density at radius 2 is 1.88 bits per heavy atom. The van der Waals surface area contributed by atoms with Crippen LogP contribution in [0.3, 0.4) is 0 Å². The Morgan fingerprint density at radius 3 is 2.38 bits per heavy atom. The van der Waals surface area contributed by atoms with Crippen LogP contribution in [0.25, 0.3) is 0 Å². The van der Waals surface area contributed by atoms with Crippen molar-refractivity contribution in [2.45, 2.75) is 32.9 Å². The van der Waals surface area contributed by atoms with E-state index < -0.39 is 48.4 Å². The molecule has 1 saturated heterocycles. The molecule has 0 radical (unpaired) electrons. The summed E-state index contributed by atoms with van der Waals surface area (Å²) < 4.78 is 45.7. The number of alkyl halides is 3. The van der Waals surface area contributed by atoms with Gasteiger partial charge in [0, 0.05) is 0 Å². The number of rotatable bonds is 3. The Labute approximate surface area is 136 Å². The molecule has 0 aromatic carbocycles. The largest absolute Gasteiger partial charge is 0.456 e. The molecule has 2 saturated carbocycles. The van der Waals surface area contributed by atoms with Crippen LogP contribution in [0.2, 0.25) is 0 Å². The highest BCUT2D eigenvalue weighted by molar-refractivity contribution is 5.96. The van der Waals surface area contributed by atoms with Gasteiger partial charge < -0.3 is 9.47 Å². The second-order valence-electron chi connectivity index (χ2n) is 7.22. The Kier molecular flexibility index (Phi) is 4.12. The monoisotopic (exact) mass is 348 g/mol. The fraction of sp³-hybridized carbons (Fsp3) is 0.812. The highest BCUT2D eigenvalue weighted by Crippen LogP contribution is 2.59. The van der Waals surface area contributed by atoms with Gasteiger partial charge in [-0.3, -0.25) is 14.4 Å². The van der Waals surface area contributed by atoms with Crippen LogP contribution in [0.15, 0.2) is 0 Å². The molecule has 7 atom stereocenters. The molecular weight excluding hydrogens is 329 g/mol. The van der Waals surface area contributed by atoms with E-state index in [4.69, 9.17) is 4.74 Å². The summed E-state index contributed by atoms with van der Waals surface area (Å²) in [5.41, 5.74) is 0. The van der Waals surface area contributed by atoms with Gasteiger partial charge in [0.25, 0.3) is 0 Å². The fourth-order valence-electron chi connectivity index (χ4n) is 4.97. The van der Waals surface area contributed by atoms with Crippen LogP contribution in [-0.4, -0.2) is 30.7 Å². The molecular formula is C16H19F3O5. The zero-order valence-electron chi connectivity index (χ0n) is 13.3. The van der Waals surface area contributed by atoms with E-state index in [0.717, 1.165) is 0 Å². The minimum absolute atomic E-state index is 0.0272. The second-order valence-corrected chi connectivity index (χ2v) is 7.22. The molecule has 2 bridgehead atoms. The number of carbonyl (C=O) groups is 3. The van der Waals surface area contributed by atoms with E-state index in [-0.39, 0.29) is 23.7 Å². The standard InChI is InChI=1S/C16H19F3O5/c1-6-9-3-8(4-10(9)14(21)23-5-16(17,18)19)11(6)12-7(2)13(20)24-15(12)22/h6-12H,3-5H2,1-2H3. The van der Waals surface area contributed by atoms with Crippen molar-refractivity contribution in [3.8, 4) is 0 Å². The third-order valence-electron chi connectivity index (χ3n) is 5.95. The van der Waals surface area contributed by atoms with E-state index >= 15 is 0 Å². The SMILES string of the molecule is CC1C(=O)OC(=O)C1C1C2CC(C(=O)OCC(F)(F)F)C(C2)C1C. The lowest BCUT2D eigenvalue weighted by Crippen LogP contribution is -2.39. The van der Waals surface area contributed by atoms with E-state index in [9.17, 15) is 27.6 Å². The van der Waals surface area contributed by atoms with Gasteiger partial charge >= 0.3 is 24.1 Å². The predicted octanol–water partition coefficient (Wildman–Crippen LogP) is 2.34. The summed E-state index contributed by atoms with van der Waals surface area (Å²) in [6.45, 7) is 1.98. The number of ether oxygens (including phenoxy) is 2. The average Bonchev–Trinajstić information content (AvgIpc) is 3.10. The van der Waals surface area contributed by atoms with Crippen molar-refractivity contribution in [1.29, 1.82) is 0 Å². The molecule has 134 valence electrons. The van der Waals surface area contributed by atoms with E-state index in [0.29, 0.717) is 12.8 Å². The summed E-state index contributed by atoms with van der Waals surface area (Å²) in [6, 6.07) is 0. The van der Waals surface area contributed by atoms with Crippen LogP contribution in [0.4, 0.5) is 13.2 Å². The second kappa shape index (κ2) is 5.74. The molecule has 0 N–H and O–H groups in total. The highest BCUT2D eigenvalue weighted by atomic mass is 19.4. The molecule has 0 aromatic heterocycles. The number of esters is 3. The molecule has 0 aromatic rings. The fourth-order valence-corrected chi connectivity index (χ4v) is 4.97. The van der Waals surface area contributed by atoms with Gasteiger partial charge in [-0.2, -0.15) is 13.2 Å². The summed E-state index contributed by atoms with van der Waals surface area (Å²) in [7, 11) is 0. The Morgan fingerprint density at radius 1 is 1.21 bits per heavy atom. The number of carbonyl (C=O) groups excluding carboxylic acids is 3. The molecule has 5 nitrogen and oxygen atoms in total. The van der Waals surface area contributed by atoms with Crippen LogP contribution >= 0.6 is 0 Å². The molecule has 1 aliphatic heterocycles. The zero-order valence-corrected chi connectivity index (χ0v) is 13.3. The highest BCUT2D eigenvalue weighted by Gasteiger charge is 2.60. The predicted molar refractivity (Wildman–Crippen MR) is 73.1 cm³/mol. The van der Waals surface area contributed by atoms with Gasteiger partial charge in [-0.05, 0) is 36.5 Å². The lowest BCUT2D eigenvalue weighted by molar-refractivity contribution is -0.191. The zero-order chi connectivity index (χ0) is 17.8. The Balaban J connectivity index is 1.67. The van der Waals surface area contributed by atoms with Gasteiger partial charge in [0.15, 0.2) is 6.61 Å². The minimum Gasteiger partial charge on any atom is -0.456 e. The Hall–Kier alpha value is -1.60. The summed E-state index contributed by atoms with van der Waals surface area (Å²) >= 11 is 0. The third kappa shape index (κ3) is 2.80. The van der Waals surface area contributed by atoms with E-state index in [2.05, 4.69) is 4.74 Å². The number of cyclic esters (lactones) is 2. The van der Waals surface area contributed by atoms with E-state index in [1.807, 2.05) is 6.92 Å². The summed E-state index contributed by atoms with van der Waals surface area (Å²) in [5, 5.41) is 0. The maximum atomic E-state index is 12.2. The lowest BCUT2D eigenvalue weighted by atomic mass is 9.67. The first kappa shape index (κ1) is 17.2. The molecule has 3 rings (SSSR count). The summed E-state index contributed by atoms with van der Waals surface area (Å²) in [6.07, 6.45) is -3.46. The van der Waals surface area contributed by atoms with Crippen molar-refractivity contribution in [3.05, 3.63) is 0 Å². The Bertz CT molecular complexity index is 571. The molecule has 3 fully saturated rings. The van der Waals surface area contributed by atoms with Gasteiger partial charge in [0.05, 0.1) is 17.8 Å². The van der Waals surface area contributed by atoms with Crippen LogP contribution in [0.5, 0.6) is 0 Å². The van der Waals surface area contributed by atoms with Crippen molar-refractivity contribution in [2.75, 3.05) is 6.61 Å². The summed E-state index contributed by atoms with van der Waals surface area (Å²) in [5.74, 6) is -3.66. The van der Waals surface area contributed by atoms with Crippen LogP contribution in [-0.2, 0) is 23.9 Å². The molecule has 8 heteroatoms. The van der Waals surface area contributed by atoms with Crippen LogP contribution in [0, 0.1) is 41.4 Å². The first-order valence-electron chi connectivity index (χ1n) is 8.09. The molecule has 2 aliphatic carbocycles. The van der Waals surface area contributed by atoms with Gasteiger partial charge in [-0.1, -0.05) is 13.8 Å². The quantitative estimate of drug-likeness (QED) is 0.578. The first-order chi connectivity index (χ1) is 11.1. The van der Waals surface area contributed by atoms with Gasteiger partial charge in [0.1, 0.15) is 0 Å². The van der Waals surface area contributed by atoms with Crippen LogP contribution in [0.1, 0.15) is 26.7 Å². The van der Waals surface area contributed by atoms with Crippen molar-refractivity contribution < 1.29 is 37.0 Å². The normalized spacial score (nSPS) is 41.6. The molecule has 3 aliphatic rings. The van der Waals surface area contributed by atoms with Crippen molar-refractivity contribution >= 4 is 17.9 Å². The number of fused-ring (bicyclic) bond motifs is 2. The molecule has 24 heavy (non-hydrogen) atoms. The molecule has 1 heterocycles. The van der Waals surface area contributed by atoms with Gasteiger partial charge in [0.2, 0.25) is 0 Å².